The Labute approximate surface area is 120 Å². The van der Waals surface area contributed by atoms with E-state index >= 15 is 0 Å². The van der Waals surface area contributed by atoms with Gasteiger partial charge in [0.15, 0.2) is 0 Å². The Bertz CT molecular complexity index is 645. The average molecular weight is 268 g/mol. The highest BCUT2D eigenvalue weighted by atomic mass is 16.5. The highest BCUT2D eigenvalue weighted by molar-refractivity contribution is 5.50. The third-order valence-corrected chi connectivity index (χ3v) is 4.13. The molecule has 0 spiro atoms. The van der Waals surface area contributed by atoms with Crippen molar-refractivity contribution in [2.24, 2.45) is 0 Å². The molecule has 1 atom stereocenters. The zero-order chi connectivity index (χ0) is 14.4. The number of phenols is 1. The van der Waals surface area contributed by atoms with E-state index in [0.717, 1.165) is 17.7 Å². The van der Waals surface area contributed by atoms with Gasteiger partial charge in [0, 0.05) is 17.4 Å². The van der Waals surface area contributed by atoms with E-state index in [9.17, 15) is 5.11 Å². The molecule has 20 heavy (non-hydrogen) atoms. The van der Waals surface area contributed by atoms with Crippen LogP contribution >= 0.6 is 0 Å². The largest absolute Gasteiger partial charge is 0.508 e. The second-order valence-electron chi connectivity index (χ2n) is 6.42. The van der Waals surface area contributed by atoms with Crippen LogP contribution in [0, 0.1) is 0 Å². The molecule has 0 amide bonds. The smallest absolute Gasteiger partial charge is 0.124 e. The summed E-state index contributed by atoms with van der Waals surface area (Å²) in [6, 6.07) is 15.7. The molecule has 0 saturated heterocycles. The Morgan fingerprint density at radius 1 is 1.00 bits per heavy atom. The molecular weight excluding hydrogens is 248 g/mol. The van der Waals surface area contributed by atoms with Crippen LogP contribution in [-0.4, -0.2) is 10.7 Å². The zero-order valence-electron chi connectivity index (χ0n) is 12.2. The maximum absolute atomic E-state index is 9.80. The molecule has 1 unspecified atom stereocenters. The average Bonchev–Trinajstić information content (AvgIpc) is 2.37. The normalized spacial score (nSPS) is 23.8. The summed E-state index contributed by atoms with van der Waals surface area (Å²) in [6.07, 6.45) is 0.875. The molecule has 2 nitrogen and oxygen atoms in total. The minimum atomic E-state index is -0.228. The first-order valence-electron chi connectivity index (χ1n) is 6.99. The van der Waals surface area contributed by atoms with Crippen LogP contribution < -0.4 is 4.74 Å². The maximum atomic E-state index is 9.80. The van der Waals surface area contributed by atoms with E-state index in [1.54, 1.807) is 6.07 Å². The van der Waals surface area contributed by atoms with Gasteiger partial charge in [-0.2, -0.15) is 0 Å². The van der Waals surface area contributed by atoms with Gasteiger partial charge < -0.3 is 9.84 Å². The Morgan fingerprint density at radius 2 is 1.75 bits per heavy atom. The molecule has 0 bridgehead atoms. The number of phenolic OH excluding ortho intramolecular Hbond substituents is 1. The molecule has 104 valence electrons. The second-order valence-corrected chi connectivity index (χ2v) is 6.42. The van der Waals surface area contributed by atoms with Crippen LogP contribution in [0.5, 0.6) is 11.5 Å². The highest BCUT2D eigenvalue weighted by Crippen LogP contribution is 2.48. The first-order valence-corrected chi connectivity index (χ1v) is 6.99. The first kappa shape index (κ1) is 13.0. The lowest BCUT2D eigenvalue weighted by Crippen LogP contribution is -2.43. The molecule has 2 heteroatoms. The lowest BCUT2D eigenvalue weighted by Gasteiger charge is -2.44. The summed E-state index contributed by atoms with van der Waals surface area (Å²) in [5, 5.41) is 9.80. The summed E-state index contributed by atoms with van der Waals surface area (Å²) in [5.74, 6) is 1.25. The molecule has 1 aliphatic rings. The predicted octanol–water partition coefficient (Wildman–Crippen LogP) is 4.26. The fourth-order valence-corrected chi connectivity index (χ4v) is 3.40. The number of benzene rings is 2. The van der Waals surface area contributed by atoms with Gasteiger partial charge in [-0.05, 0) is 37.6 Å². The zero-order valence-corrected chi connectivity index (χ0v) is 12.2. The van der Waals surface area contributed by atoms with Crippen molar-refractivity contribution < 1.29 is 9.84 Å². The quantitative estimate of drug-likeness (QED) is 0.837. The third-order valence-electron chi connectivity index (χ3n) is 4.13. The van der Waals surface area contributed by atoms with Gasteiger partial charge >= 0.3 is 0 Å². The summed E-state index contributed by atoms with van der Waals surface area (Å²) in [6.45, 7) is 6.46. The van der Waals surface area contributed by atoms with Crippen molar-refractivity contribution in [1.82, 2.24) is 0 Å². The number of hydrogen-bond acceptors (Lipinski definition) is 2. The Balaban J connectivity index is 2.21. The summed E-state index contributed by atoms with van der Waals surface area (Å²) >= 11 is 0. The minimum Gasteiger partial charge on any atom is -0.508 e. The van der Waals surface area contributed by atoms with Gasteiger partial charge in [0.05, 0.1) is 0 Å². The van der Waals surface area contributed by atoms with Crippen LogP contribution in [0.1, 0.15) is 38.3 Å². The van der Waals surface area contributed by atoms with Crippen LogP contribution in [0.15, 0.2) is 48.5 Å². The Hall–Kier alpha value is -1.96. The molecule has 0 aliphatic carbocycles. The van der Waals surface area contributed by atoms with E-state index in [4.69, 9.17) is 4.74 Å². The van der Waals surface area contributed by atoms with Crippen molar-refractivity contribution in [2.75, 3.05) is 0 Å². The van der Waals surface area contributed by atoms with Gasteiger partial charge in [-0.25, -0.2) is 0 Å². The summed E-state index contributed by atoms with van der Waals surface area (Å²) in [5.41, 5.74) is 1.93. The van der Waals surface area contributed by atoms with E-state index < -0.39 is 0 Å². The number of fused-ring (bicyclic) bond motifs is 1. The van der Waals surface area contributed by atoms with E-state index in [1.807, 2.05) is 30.3 Å². The van der Waals surface area contributed by atoms with Crippen LogP contribution in [-0.2, 0) is 5.41 Å². The van der Waals surface area contributed by atoms with Crippen LogP contribution in [0.3, 0.4) is 0 Å². The lowest BCUT2D eigenvalue weighted by molar-refractivity contribution is 0.0583. The molecule has 1 heterocycles. The maximum Gasteiger partial charge on any atom is 0.124 e. The topological polar surface area (TPSA) is 29.5 Å². The van der Waals surface area contributed by atoms with Gasteiger partial charge in [-0.1, -0.05) is 37.3 Å². The monoisotopic (exact) mass is 268 g/mol. The Kier molecular flexibility index (Phi) is 2.79. The predicted molar refractivity (Wildman–Crippen MR) is 80.3 cm³/mol. The number of aromatic hydroxyl groups is 1. The van der Waals surface area contributed by atoms with E-state index in [0.29, 0.717) is 5.75 Å². The van der Waals surface area contributed by atoms with E-state index in [-0.39, 0.29) is 11.0 Å². The molecule has 1 aliphatic heterocycles. The van der Waals surface area contributed by atoms with Gasteiger partial charge in [-0.15, -0.1) is 0 Å². The summed E-state index contributed by atoms with van der Waals surface area (Å²) < 4.78 is 6.10. The van der Waals surface area contributed by atoms with Gasteiger partial charge in [0.1, 0.15) is 17.1 Å². The molecule has 2 aromatic rings. The molecule has 0 saturated carbocycles. The molecular formula is C18H20O2. The summed E-state index contributed by atoms with van der Waals surface area (Å²) in [7, 11) is 0. The number of ether oxygens (including phenoxy) is 1. The first-order chi connectivity index (χ1) is 9.41. The van der Waals surface area contributed by atoms with Crippen LogP contribution in [0.25, 0.3) is 0 Å². The third kappa shape index (κ3) is 2.05. The van der Waals surface area contributed by atoms with E-state index in [1.165, 1.54) is 5.56 Å². The fraction of sp³-hybridized carbons (Fsp3) is 0.333. The minimum absolute atomic E-state index is 0.156. The van der Waals surface area contributed by atoms with Crippen LogP contribution in [0.4, 0.5) is 0 Å². The molecule has 0 aromatic heterocycles. The Morgan fingerprint density at radius 3 is 2.50 bits per heavy atom. The molecule has 3 rings (SSSR count). The number of para-hydroxylation sites is 1. The molecule has 2 aromatic carbocycles. The van der Waals surface area contributed by atoms with Crippen molar-refractivity contribution in [1.29, 1.82) is 0 Å². The highest BCUT2D eigenvalue weighted by Gasteiger charge is 2.42. The molecule has 0 radical (unpaired) electrons. The van der Waals surface area contributed by atoms with Crippen molar-refractivity contribution in [3.8, 4) is 11.5 Å². The fourth-order valence-electron chi connectivity index (χ4n) is 3.40. The van der Waals surface area contributed by atoms with Crippen molar-refractivity contribution in [3.63, 3.8) is 0 Å². The molecule has 0 fully saturated rings. The van der Waals surface area contributed by atoms with Crippen molar-refractivity contribution >= 4 is 0 Å². The molecule has 1 N–H and O–H groups in total. The van der Waals surface area contributed by atoms with Gasteiger partial charge in [0.2, 0.25) is 0 Å². The van der Waals surface area contributed by atoms with Crippen LogP contribution in [0.2, 0.25) is 0 Å². The second kappa shape index (κ2) is 4.27. The van der Waals surface area contributed by atoms with Gasteiger partial charge in [0.25, 0.3) is 0 Å². The standard InChI is InChI=1S/C18H20O2/c1-17(2)12-18(3,13-7-6-8-14(19)11-13)15-9-4-5-10-16(15)20-17/h4-11,19H,12H2,1-3H3. The number of hydrogen-bond donors (Lipinski definition) is 1. The van der Waals surface area contributed by atoms with Crippen molar-refractivity contribution in [2.45, 2.75) is 38.2 Å². The summed E-state index contributed by atoms with van der Waals surface area (Å²) in [4.78, 5) is 0. The number of rotatable bonds is 1. The van der Waals surface area contributed by atoms with Crippen molar-refractivity contribution in [3.05, 3.63) is 59.7 Å². The lowest BCUT2D eigenvalue weighted by atomic mass is 9.68. The van der Waals surface area contributed by atoms with Gasteiger partial charge in [-0.3, -0.25) is 0 Å². The SMILES string of the molecule is CC1(C)CC(C)(c2cccc(O)c2)c2ccccc2O1. The van der Waals surface area contributed by atoms with E-state index in [2.05, 4.69) is 32.9 Å².